The van der Waals surface area contributed by atoms with Gasteiger partial charge < -0.3 is 5.32 Å². The van der Waals surface area contributed by atoms with Crippen LogP contribution in [0.15, 0.2) is 12.1 Å². The molecule has 0 aliphatic heterocycles. The average Bonchev–Trinajstić information content (AvgIpc) is 2.39. The third-order valence-electron chi connectivity index (χ3n) is 3.73. The molecule has 1 aliphatic rings. The lowest BCUT2D eigenvalue weighted by Gasteiger charge is -2.28. The topological polar surface area (TPSA) is 37.8 Å². The van der Waals surface area contributed by atoms with E-state index in [0.717, 1.165) is 24.8 Å². The molecule has 6 heteroatoms. The Labute approximate surface area is 110 Å². The van der Waals surface area contributed by atoms with Gasteiger partial charge in [0.2, 0.25) is 0 Å². The highest BCUT2D eigenvalue weighted by Crippen LogP contribution is 2.29. The first-order valence-electron chi connectivity index (χ1n) is 6.66. The van der Waals surface area contributed by atoms with Crippen molar-refractivity contribution in [2.75, 3.05) is 5.32 Å². The second kappa shape index (κ2) is 5.75. The molecule has 0 atom stereocenters. The molecular formula is C13H18F3N3. The van der Waals surface area contributed by atoms with Crippen LogP contribution in [-0.2, 0) is 6.18 Å². The van der Waals surface area contributed by atoms with Crippen LogP contribution in [0.4, 0.5) is 19.0 Å². The molecule has 0 bridgehead atoms. The number of nitrogens with zero attached hydrogens (tertiary/aromatic N) is 2. The molecule has 106 valence electrons. The normalized spacial score (nSPS) is 24.2. The van der Waals surface area contributed by atoms with Crippen molar-refractivity contribution in [2.24, 2.45) is 5.92 Å². The first kappa shape index (κ1) is 14.1. The molecule has 3 nitrogen and oxygen atoms in total. The molecule has 1 aromatic heterocycles. The first-order chi connectivity index (χ1) is 8.99. The average molecular weight is 273 g/mol. The van der Waals surface area contributed by atoms with E-state index >= 15 is 0 Å². The Bertz CT molecular complexity index is 395. The van der Waals surface area contributed by atoms with E-state index in [9.17, 15) is 13.2 Å². The molecule has 0 unspecified atom stereocenters. The van der Waals surface area contributed by atoms with E-state index in [-0.39, 0.29) is 0 Å². The van der Waals surface area contributed by atoms with Crippen LogP contribution in [-0.4, -0.2) is 16.2 Å². The Kier molecular flexibility index (Phi) is 4.27. The van der Waals surface area contributed by atoms with Crippen LogP contribution in [0.3, 0.4) is 0 Å². The lowest BCUT2D eigenvalue weighted by molar-refractivity contribution is -0.141. The monoisotopic (exact) mass is 273 g/mol. The number of aromatic nitrogens is 2. The van der Waals surface area contributed by atoms with E-state index in [1.807, 2.05) is 0 Å². The molecule has 2 rings (SSSR count). The summed E-state index contributed by atoms with van der Waals surface area (Å²) in [5.74, 6) is 1.21. The Morgan fingerprint density at radius 1 is 1.16 bits per heavy atom. The summed E-state index contributed by atoms with van der Waals surface area (Å²) in [7, 11) is 0. The number of hydrogen-bond acceptors (Lipinski definition) is 3. The van der Waals surface area contributed by atoms with Gasteiger partial charge in [-0.2, -0.15) is 13.2 Å². The molecule has 0 amide bonds. The zero-order valence-electron chi connectivity index (χ0n) is 10.9. The molecule has 1 fully saturated rings. The van der Waals surface area contributed by atoms with Gasteiger partial charge in [0, 0.05) is 6.04 Å². The highest BCUT2D eigenvalue weighted by molar-refractivity contribution is 5.34. The minimum atomic E-state index is -4.43. The molecule has 1 saturated carbocycles. The largest absolute Gasteiger partial charge is 0.435 e. The second-order valence-corrected chi connectivity index (χ2v) is 5.07. The summed E-state index contributed by atoms with van der Waals surface area (Å²) in [6, 6.07) is 2.61. The molecule has 1 heterocycles. The van der Waals surface area contributed by atoms with Crippen LogP contribution in [0, 0.1) is 5.92 Å². The minimum Gasteiger partial charge on any atom is -0.366 e. The van der Waals surface area contributed by atoms with Crippen molar-refractivity contribution in [3.63, 3.8) is 0 Å². The fraction of sp³-hybridized carbons (Fsp3) is 0.692. The Hall–Kier alpha value is -1.33. The molecule has 0 saturated heterocycles. The second-order valence-electron chi connectivity index (χ2n) is 5.07. The van der Waals surface area contributed by atoms with Crippen LogP contribution < -0.4 is 5.32 Å². The summed E-state index contributed by atoms with van der Waals surface area (Å²) in [6.07, 6.45) is 1.20. The van der Waals surface area contributed by atoms with Gasteiger partial charge in [-0.1, -0.05) is 13.3 Å². The zero-order valence-corrected chi connectivity index (χ0v) is 10.9. The maximum absolute atomic E-state index is 12.3. The van der Waals surface area contributed by atoms with Crippen molar-refractivity contribution in [1.29, 1.82) is 0 Å². The van der Waals surface area contributed by atoms with Gasteiger partial charge >= 0.3 is 6.18 Å². The van der Waals surface area contributed by atoms with Gasteiger partial charge in [0.1, 0.15) is 5.82 Å². The first-order valence-corrected chi connectivity index (χ1v) is 6.66. The fourth-order valence-electron chi connectivity index (χ4n) is 2.48. The van der Waals surface area contributed by atoms with Crippen molar-refractivity contribution in [3.8, 4) is 0 Å². The summed E-state index contributed by atoms with van der Waals surface area (Å²) in [4.78, 5) is 0. The highest BCUT2D eigenvalue weighted by Gasteiger charge is 2.33. The quantitative estimate of drug-likeness (QED) is 0.908. The van der Waals surface area contributed by atoms with E-state index in [4.69, 9.17) is 0 Å². The predicted molar refractivity (Wildman–Crippen MR) is 66.7 cm³/mol. The van der Waals surface area contributed by atoms with Crippen molar-refractivity contribution >= 4 is 5.82 Å². The van der Waals surface area contributed by atoms with Gasteiger partial charge in [-0.15, -0.1) is 10.2 Å². The highest BCUT2D eigenvalue weighted by atomic mass is 19.4. The lowest BCUT2D eigenvalue weighted by atomic mass is 9.84. The summed E-state index contributed by atoms with van der Waals surface area (Å²) in [5, 5.41) is 9.97. The molecule has 1 aliphatic carbocycles. The predicted octanol–water partition coefficient (Wildman–Crippen LogP) is 3.88. The minimum absolute atomic E-state index is 0.300. The van der Waals surface area contributed by atoms with Gasteiger partial charge in [0.05, 0.1) is 0 Å². The molecule has 0 radical (unpaired) electrons. The summed E-state index contributed by atoms with van der Waals surface area (Å²) >= 11 is 0. The standard InChI is InChI=1S/C13H18F3N3/c1-2-9-3-5-10(6-4-9)17-12-8-7-11(18-19-12)13(14,15)16/h7-10H,2-6H2,1H3,(H,17,19). The Morgan fingerprint density at radius 3 is 2.32 bits per heavy atom. The maximum atomic E-state index is 12.3. The summed E-state index contributed by atoms with van der Waals surface area (Å²) < 4.78 is 37.0. The SMILES string of the molecule is CCC1CCC(Nc2ccc(C(F)(F)F)nn2)CC1. The number of anilines is 1. The van der Waals surface area contributed by atoms with E-state index in [0.29, 0.717) is 11.9 Å². The summed E-state index contributed by atoms with van der Waals surface area (Å²) in [5.41, 5.74) is -0.951. The molecule has 0 spiro atoms. The van der Waals surface area contributed by atoms with Crippen molar-refractivity contribution in [1.82, 2.24) is 10.2 Å². The number of alkyl halides is 3. The smallest absolute Gasteiger partial charge is 0.366 e. The van der Waals surface area contributed by atoms with E-state index in [1.165, 1.54) is 25.3 Å². The Morgan fingerprint density at radius 2 is 1.84 bits per heavy atom. The lowest BCUT2D eigenvalue weighted by Crippen LogP contribution is -2.26. The van der Waals surface area contributed by atoms with Crippen LogP contribution in [0.25, 0.3) is 0 Å². The third-order valence-corrected chi connectivity index (χ3v) is 3.73. The molecule has 0 aromatic carbocycles. The van der Waals surface area contributed by atoms with Gasteiger partial charge in [0.25, 0.3) is 0 Å². The van der Waals surface area contributed by atoms with Crippen LogP contribution >= 0.6 is 0 Å². The van der Waals surface area contributed by atoms with Crippen molar-refractivity contribution < 1.29 is 13.2 Å². The van der Waals surface area contributed by atoms with Crippen LogP contribution in [0.2, 0.25) is 0 Å². The third kappa shape index (κ3) is 3.81. The number of halogens is 3. The van der Waals surface area contributed by atoms with Crippen LogP contribution in [0.5, 0.6) is 0 Å². The number of hydrogen-bond donors (Lipinski definition) is 1. The van der Waals surface area contributed by atoms with Crippen molar-refractivity contribution in [2.45, 2.75) is 51.2 Å². The zero-order chi connectivity index (χ0) is 13.9. The molecule has 19 heavy (non-hydrogen) atoms. The van der Waals surface area contributed by atoms with Gasteiger partial charge in [0.15, 0.2) is 5.69 Å². The van der Waals surface area contributed by atoms with E-state index < -0.39 is 11.9 Å². The fourth-order valence-corrected chi connectivity index (χ4v) is 2.48. The van der Waals surface area contributed by atoms with E-state index in [1.54, 1.807) is 0 Å². The Balaban J connectivity index is 1.90. The van der Waals surface area contributed by atoms with Gasteiger partial charge in [-0.25, -0.2) is 0 Å². The number of nitrogens with one attached hydrogen (secondary N) is 1. The maximum Gasteiger partial charge on any atom is 0.435 e. The summed E-state index contributed by atoms with van der Waals surface area (Å²) in [6.45, 7) is 2.19. The van der Waals surface area contributed by atoms with E-state index in [2.05, 4.69) is 22.4 Å². The molecular weight excluding hydrogens is 255 g/mol. The van der Waals surface area contributed by atoms with Gasteiger partial charge in [-0.3, -0.25) is 0 Å². The molecule has 1 N–H and O–H groups in total. The number of rotatable bonds is 3. The van der Waals surface area contributed by atoms with Gasteiger partial charge in [-0.05, 0) is 43.7 Å². The molecule has 1 aromatic rings. The van der Waals surface area contributed by atoms with Crippen LogP contribution in [0.1, 0.15) is 44.7 Å². The van der Waals surface area contributed by atoms with Crippen molar-refractivity contribution in [3.05, 3.63) is 17.8 Å².